The highest BCUT2D eigenvalue weighted by molar-refractivity contribution is 5.71. The van der Waals surface area contributed by atoms with E-state index in [0.29, 0.717) is 19.3 Å². The van der Waals surface area contributed by atoms with Gasteiger partial charge >= 0.3 is 17.9 Å². The molecule has 0 amide bonds. The minimum Gasteiger partial charge on any atom is -0.462 e. The summed E-state index contributed by atoms with van der Waals surface area (Å²) in [7, 11) is 0. The fourth-order valence-electron chi connectivity index (χ4n) is 10.1. The van der Waals surface area contributed by atoms with Crippen LogP contribution in [-0.2, 0) is 28.6 Å². The molecule has 0 aromatic rings. The Morgan fingerprint density at radius 2 is 0.458 bits per heavy atom. The summed E-state index contributed by atoms with van der Waals surface area (Å²) in [5, 5.41) is 0. The maximum Gasteiger partial charge on any atom is 0.306 e. The minimum absolute atomic E-state index is 0.0632. The highest BCUT2D eigenvalue weighted by Crippen LogP contribution is 2.18. The van der Waals surface area contributed by atoms with Gasteiger partial charge in [0.1, 0.15) is 13.2 Å². The van der Waals surface area contributed by atoms with E-state index in [1.807, 2.05) is 0 Å². The van der Waals surface area contributed by atoms with Crippen molar-refractivity contribution in [2.75, 3.05) is 13.2 Å². The SMILES string of the molecule is CCCCCCCCCC/C=C\CCCCCCCCCCCCCCCCCCCCCC(=O)OCC(COC(=O)CCCCCCCCC)OC(=O)CCCCCCCCCCCCCCCCCC. The van der Waals surface area contributed by atoms with Gasteiger partial charge in [0.05, 0.1) is 0 Å². The first kappa shape index (κ1) is 70.1. The van der Waals surface area contributed by atoms with Gasteiger partial charge in [0, 0.05) is 19.3 Å². The molecule has 0 aromatic heterocycles. The molecule has 0 aromatic carbocycles. The molecule has 0 aliphatic heterocycles. The molecule has 0 radical (unpaired) electrons. The molecule has 0 aliphatic rings. The molecule has 0 heterocycles. The Labute approximate surface area is 450 Å². The topological polar surface area (TPSA) is 78.9 Å². The number of allylic oxidation sites excluding steroid dienone is 2. The molecule has 0 N–H and O–H groups in total. The molecule has 0 bridgehead atoms. The minimum atomic E-state index is -0.762. The lowest BCUT2D eigenvalue weighted by Gasteiger charge is -2.18. The molecule has 6 nitrogen and oxygen atoms in total. The number of ether oxygens (including phenoxy) is 3. The average Bonchev–Trinajstić information content (AvgIpc) is 3.38. The van der Waals surface area contributed by atoms with Gasteiger partial charge in [-0.3, -0.25) is 14.4 Å². The van der Waals surface area contributed by atoms with Gasteiger partial charge in [-0.1, -0.05) is 322 Å². The third-order valence-electron chi connectivity index (χ3n) is 15.0. The molecule has 426 valence electrons. The molecule has 0 aliphatic carbocycles. The second-order valence-electron chi connectivity index (χ2n) is 22.4. The first-order chi connectivity index (χ1) is 35.5. The Morgan fingerprint density at radius 1 is 0.264 bits per heavy atom. The lowest BCUT2D eigenvalue weighted by Crippen LogP contribution is -2.30. The number of hydrogen-bond acceptors (Lipinski definition) is 6. The third kappa shape index (κ3) is 59.0. The summed E-state index contributed by atoms with van der Waals surface area (Å²) in [6.45, 7) is 6.66. The largest absolute Gasteiger partial charge is 0.462 e. The van der Waals surface area contributed by atoms with E-state index in [9.17, 15) is 14.4 Å². The van der Waals surface area contributed by atoms with Crippen molar-refractivity contribution in [1.82, 2.24) is 0 Å². The lowest BCUT2D eigenvalue weighted by molar-refractivity contribution is -0.167. The Kier molecular flexibility index (Phi) is 60.1. The summed E-state index contributed by atoms with van der Waals surface area (Å²) in [6, 6.07) is 0. The van der Waals surface area contributed by atoms with Crippen molar-refractivity contribution in [1.29, 1.82) is 0 Å². The monoisotopic (exact) mass is 1010 g/mol. The summed E-state index contributed by atoms with van der Waals surface area (Å²) in [5.74, 6) is -0.843. The Hall–Kier alpha value is -1.85. The summed E-state index contributed by atoms with van der Waals surface area (Å²) < 4.78 is 16.8. The molecule has 0 spiro atoms. The first-order valence-corrected chi connectivity index (χ1v) is 32.7. The molecule has 1 atom stereocenters. The fourth-order valence-corrected chi connectivity index (χ4v) is 10.1. The van der Waals surface area contributed by atoms with E-state index in [4.69, 9.17) is 14.2 Å². The van der Waals surface area contributed by atoms with Crippen LogP contribution in [0.2, 0.25) is 0 Å². The summed E-state index contributed by atoms with van der Waals surface area (Å²) in [5.41, 5.74) is 0. The van der Waals surface area contributed by atoms with Gasteiger partial charge in [-0.25, -0.2) is 0 Å². The van der Waals surface area contributed by atoms with Crippen LogP contribution in [0.5, 0.6) is 0 Å². The van der Waals surface area contributed by atoms with Crippen molar-refractivity contribution in [3.8, 4) is 0 Å². The Bertz CT molecular complexity index is 1120. The zero-order valence-corrected chi connectivity index (χ0v) is 49.0. The van der Waals surface area contributed by atoms with Crippen molar-refractivity contribution in [2.45, 2.75) is 380 Å². The lowest BCUT2D eigenvalue weighted by atomic mass is 10.0. The van der Waals surface area contributed by atoms with E-state index >= 15 is 0 Å². The van der Waals surface area contributed by atoms with Crippen LogP contribution in [0.15, 0.2) is 12.2 Å². The zero-order valence-electron chi connectivity index (χ0n) is 49.0. The average molecular weight is 1020 g/mol. The van der Waals surface area contributed by atoms with Crippen molar-refractivity contribution in [3.05, 3.63) is 12.2 Å². The number of carbonyl (C=O) groups excluding carboxylic acids is 3. The molecule has 0 saturated carbocycles. The van der Waals surface area contributed by atoms with Crippen LogP contribution in [-0.4, -0.2) is 37.2 Å². The van der Waals surface area contributed by atoms with E-state index in [1.165, 1.54) is 276 Å². The van der Waals surface area contributed by atoms with E-state index in [1.54, 1.807) is 0 Å². The quantitative estimate of drug-likeness (QED) is 0.0261. The number of rotatable bonds is 61. The second kappa shape index (κ2) is 61.7. The maximum atomic E-state index is 12.8. The van der Waals surface area contributed by atoms with Gasteiger partial charge in [0.2, 0.25) is 0 Å². The summed E-state index contributed by atoms with van der Waals surface area (Å²) >= 11 is 0. The highest BCUT2D eigenvalue weighted by atomic mass is 16.6. The number of unbranched alkanes of at least 4 members (excludes halogenated alkanes) is 48. The zero-order chi connectivity index (χ0) is 52.2. The van der Waals surface area contributed by atoms with Crippen molar-refractivity contribution >= 4 is 17.9 Å². The smallest absolute Gasteiger partial charge is 0.306 e. The van der Waals surface area contributed by atoms with Gasteiger partial charge < -0.3 is 14.2 Å². The maximum absolute atomic E-state index is 12.8. The number of carbonyl (C=O) groups is 3. The van der Waals surface area contributed by atoms with Crippen LogP contribution in [0.1, 0.15) is 374 Å². The molecule has 0 saturated heterocycles. The van der Waals surface area contributed by atoms with Gasteiger partial charge in [-0.05, 0) is 44.9 Å². The second-order valence-corrected chi connectivity index (χ2v) is 22.4. The standard InChI is InChI=1S/C66H126O6/c1-4-7-10-13-16-18-20-22-24-26-27-28-29-30-31-32-33-34-35-36-37-38-39-40-42-43-45-47-50-53-56-59-65(68)71-62-63(61-70-64(67)58-55-52-49-15-12-9-6-3)72-66(69)60-57-54-51-48-46-44-41-25-23-21-19-17-14-11-8-5-2/h26-27,63H,4-25,28-62H2,1-3H3/b27-26-. The van der Waals surface area contributed by atoms with Crippen LogP contribution in [0.4, 0.5) is 0 Å². The van der Waals surface area contributed by atoms with Crippen LogP contribution < -0.4 is 0 Å². The first-order valence-electron chi connectivity index (χ1n) is 32.7. The highest BCUT2D eigenvalue weighted by Gasteiger charge is 2.19. The van der Waals surface area contributed by atoms with Crippen LogP contribution >= 0.6 is 0 Å². The van der Waals surface area contributed by atoms with Gasteiger partial charge in [-0.15, -0.1) is 0 Å². The molecular formula is C66H126O6. The third-order valence-corrected chi connectivity index (χ3v) is 15.0. The Morgan fingerprint density at radius 3 is 0.694 bits per heavy atom. The normalized spacial score (nSPS) is 12.0. The van der Waals surface area contributed by atoms with E-state index in [2.05, 4.69) is 32.9 Å². The number of hydrogen-bond donors (Lipinski definition) is 0. The van der Waals surface area contributed by atoms with E-state index < -0.39 is 6.10 Å². The Balaban J connectivity index is 3.96. The molecule has 0 fully saturated rings. The predicted molar refractivity (Wildman–Crippen MR) is 312 cm³/mol. The van der Waals surface area contributed by atoms with E-state index in [0.717, 1.165) is 57.8 Å². The molecule has 1 unspecified atom stereocenters. The molecule has 0 rings (SSSR count). The van der Waals surface area contributed by atoms with Crippen LogP contribution in [0, 0.1) is 0 Å². The fraction of sp³-hybridized carbons (Fsp3) is 0.924. The predicted octanol–water partition coefficient (Wildman–Crippen LogP) is 22.1. The van der Waals surface area contributed by atoms with Crippen LogP contribution in [0.25, 0.3) is 0 Å². The van der Waals surface area contributed by atoms with Gasteiger partial charge in [-0.2, -0.15) is 0 Å². The van der Waals surface area contributed by atoms with E-state index in [-0.39, 0.29) is 31.1 Å². The van der Waals surface area contributed by atoms with Gasteiger partial charge in [0.25, 0.3) is 0 Å². The van der Waals surface area contributed by atoms with Gasteiger partial charge in [0.15, 0.2) is 6.10 Å². The molecule has 72 heavy (non-hydrogen) atoms. The molecular weight excluding hydrogens is 889 g/mol. The molecule has 6 heteroatoms. The summed E-state index contributed by atoms with van der Waals surface area (Å²) in [4.78, 5) is 38.0. The number of esters is 3. The van der Waals surface area contributed by atoms with Crippen molar-refractivity contribution < 1.29 is 28.6 Å². The van der Waals surface area contributed by atoms with Crippen LogP contribution in [0.3, 0.4) is 0 Å². The summed E-state index contributed by atoms with van der Waals surface area (Å²) in [6.07, 6.45) is 72.7. The van der Waals surface area contributed by atoms with Crippen molar-refractivity contribution in [2.24, 2.45) is 0 Å². The van der Waals surface area contributed by atoms with Crippen molar-refractivity contribution in [3.63, 3.8) is 0 Å².